The first-order valence-corrected chi connectivity index (χ1v) is 12.6. The SMILES string of the molecule is CCCc1cc(/C2=C\c3cc(C(F)F)c(-c4cnn(C)c4)cc3CCCC2)cc2c1n(C)c(=O)n2C. The maximum atomic E-state index is 14.2. The lowest BCUT2D eigenvalue weighted by atomic mass is 9.87. The van der Waals surface area contributed by atoms with Crippen LogP contribution in [0.25, 0.3) is 33.8 Å². The van der Waals surface area contributed by atoms with Crippen LogP contribution >= 0.6 is 0 Å². The molecule has 188 valence electrons. The van der Waals surface area contributed by atoms with Crippen LogP contribution in [-0.2, 0) is 34.0 Å². The van der Waals surface area contributed by atoms with Crippen LogP contribution in [0.4, 0.5) is 8.78 Å². The molecule has 2 aromatic heterocycles. The van der Waals surface area contributed by atoms with Crippen LogP contribution < -0.4 is 5.69 Å². The van der Waals surface area contributed by atoms with Gasteiger partial charge in [-0.15, -0.1) is 0 Å². The van der Waals surface area contributed by atoms with Crippen molar-refractivity contribution in [1.82, 2.24) is 18.9 Å². The number of halogens is 2. The van der Waals surface area contributed by atoms with Gasteiger partial charge < -0.3 is 0 Å². The molecule has 4 aromatic rings. The molecule has 36 heavy (non-hydrogen) atoms. The van der Waals surface area contributed by atoms with E-state index < -0.39 is 6.43 Å². The van der Waals surface area contributed by atoms with E-state index in [1.807, 2.05) is 13.1 Å². The van der Waals surface area contributed by atoms with E-state index in [0.717, 1.165) is 77.4 Å². The second-order valence-corrected chi connectivity index (χ2v) is 9.87. The van der Waals surface area contributed by atoms with Crippen LogP contribution in [0.1, 0.15) is 66.8 Å². The Kier molecular flexibility index (Phi) is 6.41. The fraction of sp³-hybridized carbons (Fsp3) is 0.379. The fourth-order valence-electron chi connectivity index (χ4n) is 5.53. The molecule has 0 atom stereocenters. The van der Waals surface area contributed by atoms with Gasteiger partial charge >= 0.3 is 5.69 Å². The number of rotatable bonds is 5. The van der Waals surface area contributed by atoms with Crippen molar-refractivity contribution in [3.05, 3.63) is 75.0 Å². The first-order valence-electron chi connectivity index (χ1n) is 12.6. The molecular formula is C29H32F2N4O. The van der Waals surface area contributed by atoms with Gasteiger partial charge in [0.05, 0.1) is 17.2 Å². The largest absolute Gasteiger partial charge is 0.328 e. The minimum absolute atomic E-state index is 0.0329. The first kappa shape index (κ1) is 24.2. The van der Waals surface area contributed by atoms with Crippen molar-refractivity contribution in [2.24, 2.45) is 21.1 Å². The molecule has 0 unspecified atom stereocenters. The van der Waals surface area contributed by atoms with E-state index in [1.165, 1.54) is 0 Å². The highest BCUT2D eigenvalue weighted by atomic mass is 19.3. The Morgan fingerprint density at radius 1 is 1.00 bits per heavy atom. The molecule has 5 nitrogen and oxygen atoms in total. The molecule has 7 heteroatoms. The topological polar surface area (TPSA) is 44.8 Å². The summed E-state index contributed by atoms with van der Waals surface area (Å²) in [4.78, 5) is 12.7. The molecule has 5 rings (SSSR count). The molecule has 1 aliphatic carbocycles. The highest BCUT2D eigenvalue weighted by Crippen LogP contribution is 2.38. The van der Waals surface area contributed by atoms with E-state index in [1.54, 1.807) is 46.4 Å². The molecule has 0 spiro atoms. The molecule has 0 N–H and O–H groups in total. The van der Waals surface area contributed by atoms with Crippen LogP contribution in [0.2, 0.25) is 0 Å². The zero-order valence-corrected chi connectivity index (χ0v) is 21.3. The Morgan fingerprint density at radius 3 is 2.47 bits per heavy atom. The van der Waals surface area contributed by atoms with Crippen molar-refractivity contribution >= 4 is 22.7 Å². The summed E-state index contributed by atoms with van der Waals surface area (Å²) < 4.78 is 33.5. The van der Waals surface area contributed by atoms with Crippen LogP contribution in [0.15, 0.2) is 41.5 Å². The van der Waals surface area contributed by atoms with Gasteiger partial charge in [-0.05, 0) is 89.8 Å². The highest BCUT2D eigenvalue weighted by molar-refractivity contribution is 5.90. The van der Waals surface area contributed by atoms with Gasteiger partial charge in [-0.25, -0.2) is 13.6 Å². The summed E-state index contributed by atoms with van der Waals surface area (Å²) in [5.74, 6) is 0. The molecular weight excluding hydrogens is 458 g/mol. The van der Waals surface area contributed by atoms with Gasteiger partial charge in [0.1, 0.15) is 0 Å². The van der Waals surface area contributed by atoms with E-state index in [4.69, 9.17) is 0 Å². The number of imidazole rings is 1. The van der Waals surface area contributed by atoms with Crippen LogP contribution in [-0.4, -0.2) is 18.9 Å². The summed E-state index contributed by atoms with van der Waals surface area (Å²) in [7, 11) is 5.42. The Hall–Kier alpha value is -3.48. The van der Waals surface area contributed by atoms with Crippen molar-refractivity contribution < 1.29 is 8.78 Å². The number of alkyl halides is 2. The van der Waals surface area contributed by atoms with Gasteiger partial charge in [-0.2, -0.15) is 5.10 Å². The molecule has 0 saturated carbocycles. The zero-order valence-electron chi connectivity index (χ0n) is 21.3. The minimum Gasteiger partial charge on any atom is -0.295 e. The number of aromatic nitrogens is 4. The van der Waals surface area contributed by atoms with Gasteiger partial charge in [0.25, 0.3) is 6.43 Å². The quantitative estimate of drug-likeness (QED) is 0.323. The third kappa shape index (κ3) is 4.21. The number of benzene rings is 2. The monoisotopic (exact) mass is 490 g/mol. The lowest BCUT2D eigenvalue weighted by molar-refractivity contribution is 0.152. The van der Waals surface area contributed by atoms with Gasteiger partial charge in [0.2, 0.25) is 0 Å². The second kappa shape index (κ2) is 9.52. The van der Waals surface area contributed by atoms with Crippen LogP contribution in [0, 0.1) is 0 Å². The summed E-state index contributed by atoms with van der Waals surface area (Å²) in [6, 6.07) is 7.87. The second-order valence-electron chi connectivity index (χ2n) is 9.87. The van der Waals surface area contributed by atoms with Crippen molar-refractivity contribution in [1.29, 1.82) is 0 Å². The van der Waals surface area contributed by atoms with E-state index in [-0.39, 0.29) is 11.3 Å². The van der Waals surface area contributed by atoms with Crippen LogP contribution in [0.3, 0.4) is 0 Å². The summed E-state index contributed by atoms with van der Waals surface area (Å²) in [5, 5.41) is 4.19. The Morgan fingerprint density at radius 2 is 1.78 bits per heavy atom. The summed E-state index contributed by atoms with van der Waals surface area (Å²) >= 11 is 0. The number of hydrogen-bond acceptors (Lipinski definition) is 2. The fourth-order valence-corrected chi connectivity index (χ4v) is 5.53. The molecule has 0 saturated heterocycles. The van der Waals surface area contributed by atoms with E-state index in [2.05, 4.69) is 30.2 Å². The third-order valence-electron chi connectivity index (χ3n) is 7.36. The standard InChI is InChI=1S/C29H32F2N4O/c1-5-8-20-12-22(15-26-27(20)35(4)29(36)34(26)3)18-9-6-7-10-19-13-24(23-16-32-33(2)17-23)25(28(30)31)14-21(19)11-18/h11-17,28H,5-10H2,1-4H3/b18-11-. The summed E-state index contributed by atoms with van der Waals surface area (Å²) in [5.41, 5.74) is 8.41. The predicted octanol–water partition coefficient (Wildman–Crippen LogP) is 6.43. The molecule has 0 radical (unpaired) electrons. The number of aryl methyl sites for hydroxylation is 5. The molecule has 2 aromatic carbocycles. The normalized spacial score (nSPS) is 15.6. The van der Waals surface area contributed by atoms with Gasteiger partial charge in [0, 0.05) is 38.5 Å². The van der Waals surface area contributed by atoms with E-state index in [9.17, 15) is 13.6 Å². The van der Waals surface area contributed by atoms with Gasteiger partial charge in [-0.3, -0.25) is 13.8 Å². The Balaban J connectivity index is 1.70. The Bertz CT molecular complexity index is 1540. The average molecular weight is 491 g/mol. The lowest BCUT2D eigenvalue weighted by Gasteiger charge is -2.19. The predicted molar refractivity (Wildman–Crippen MR) is 141 cm³/mol. The van der Waals surface area contributed by atoms with E-state index >= 15 is 0 Å². The third-order valence-corrected chi connectivity index (χ3v) is 7.36. The van der Waals surface area contributed by atoms with Crippen molar-refractivity contribution in [2.75, 3.05) is 0 Å². The molecule has 0 fully saturated rings. The van der Waals surface area contributed by atoms with Crippen molar-refractivity contribution in [3.8, 4) is 11.1 Å². The Labute approximate surface area is 209 Å². The smallest absolute Gasteiger partial charge is 0.295 e. The lowest BCUT2D eigenvalue weighted by Crippen LogP contribution is -2.19. The maximum absolute atomic E-state index is 14.2. The zero-order chi connectivity index (χ0) is 25.6. The summed E-state index contributed by atoms with van der Waals surface area (Å²) in [6.45, 7) is 2.14. The number of hydrogen-bond donors (Lipinski definition) is 0. The molecule has 0 bridgehead atoms. The first-order chi connectivity index (χ1) is 17.3. The number of allylic oxidation sites excluding steroid dienone is 1. The number of fused-ring (bicyclic) bond motifs is 2. The van der Waals surface area contributed by atoms with Gasteiger partial charge in [0.15, 0.2) is 0 Å². The number of nitrogens with zero attached hydrogens (tertiary/aromatic N) is 4. The summed E-state index contributed by atoms with van der Waals surface area (Å²) in [6.07, 6.45) is 8.49. The van der Waals surface area contributed by atoms with Crippen molar-refractivity contribution in [2.45, 2.75) is 51.9 Å². The van der Waals surface area contributed by atoms with Crippen LogP contribution in [0.5, 0.6) is 0 Å². The van der Waals surface area contributed by atoms with Gasteiger partial charge in [-0.1, -0.05) is 19.4 Å². The highest BCUT2D eigenvalue weighted by Gasteiger charge is 2.21. The molecule has 0 amide bonds. The molecule has 2 heterocycles. The average Bonchev–Trinajstić information content (AvgIpc) is 3.36. The minimum atomic E-state index is -2.58. The van der Waals surface area contributed by atoms with E-state index in [0.29, 0.717) is 11.1 Å². The molecule has 1 aliphatic rings. The maximum Gasteiger partial charge on any atom is 0.328 e. The molecule has 0 aliphatic heterocycles. The van der Waals surface area contributed by atoms with Crippen molar-refractivity contribution in [3.63, 3.8) is 0 Å².